The van der Waals surface area contributed by atoms with E-state index in [-0.39, 0.29) is 12.1 Å². The first-order chi connectivity index (χ1) is 11.3. The molecule has 5 heteroatoms. The molecule has 1 atom stereocenters. The van der Waals surface area contributed by atoms with Gasteiger partial charge in [0.15, 0.2) is 11.5 Å². The van der Waals surface area contributed by atoms with E-state index < -0.39 is 0 Å². The summed E-state index contributed by atoms with van der Waals surface area (Å²) in [5.74, 6) is 1.33. The fourth-order valence-electron chi connectivity index (χ4n) is 2.53. The van der Waals surface area contributed by atoms with Crippen LogP contribution in [-0.2, 0) is 11.3 Å². The molecule has 120 valence electrons. The predicted octanol–water partition coefficient (Wildman–Crippen LogP) is 3.45. The van der Waals surface area contributed by atoms with Gasteiger partial charge in [-0.15, -0.1) is 0 Å². The van der Waals surface area contributed by atoms with E-state index in [0.717, 1.165) is 17.5 Å². The van der Waals surface area contributed by atoms with Crippen LogP contribution in [0.1, 0.15) is 23.6 Å². The Kier molecular flexibility index (Phi) is 4.66. The topological polar surface area (TPSA) is 56.8 Å². The van der Waals surface area contributed by atoms with E-state index in [4.69, 9.17) is 14.2 Å². The van der Waals surface area contributed by atoms with Gasteiger partial charge in [0.05, 0.1) is 19.8 Å². The molecular formula is C18H19NO4. The van der Waals surface area contributed by atoms with Crippen LogP contribution in [0, 0.1) is 0 Å². The molecule has 0 saturated carbocycles. The van der Waals surface area contributed by atoms with E-state index in [1.54, 1.807) is 7.11 Å². The zero-order valence-electron chi connectivity index (χ0n) is 13.0. The van der Waals surface area contributed by atoms with E-state index >= 15 is 0 Å². The van der Waals surface area contributed by atoms with E-state index in [1.807, 2.05) is 48.5 Å². The number of rotatable bonds is 5. The summed E-state index contributed by atoms with van der Waals surface area (Å²) >= 11 is 0. The quantitative estimate of drug-likeness (QED) is 0.918. The van der Waals surface area contributed by atoms with Gasteiger partial charge in [-0.2, -0.15) is 0 Å². The van der Waals surface area contributed by atoms with Gasteiger partial charge >= 0.3 is 6.09 Å². The highest BCUT2D eigenvalue weighted by Gasteiger charge is 2.22. The molecule has 5 nitrogen and oxygen atoms in total. The van der Waals surface area contributed by atoms with Crippen LogP contribution in [0.4, 0.5) is 4.79 Å². The minimum atomic E-state index is -0.385. The second-order valence-electron chi connectivity index (χ2n) is 5.31. The zero-order valence-corrected chi connectivity index (χ0v) is 13.0. The third-order valence-corrected chi connectivity index (χ3v) is 3.76. The maximum absolute atomic E-state index is 11.4. The maximum Gasteiger partial charge on any atom is 0.407 e. The van der Waals surface area contributed by atoms with Crippen molar-refractivity contribution in [1.29, 1.82) is 0 Å². The number of benzene rings is 2. The Hall–Kier alpha value is -2.69. The normalized spacial score (nSPS) is 17.1. The lowest BCUT2D eigenvalue weighted by Crippen LogP contribution is -2.35. The molecule has 1 N–H and O–H groups in total. The Balaban J connectivity index is 1.77. The number of hydrogen-bond acceptors (Lipinski definition) is 4. The van der Waals surface area contributed by atoms with Crippen LogP contribution in [0.2, 0.25) is 0 Å². The molecule has 0 spiro atoms. The Morgan fingerprint density at radius 3 is 2.74 bits per heavy atom. The highest BCUT2D eigenvalue weighted by atomic mass is 16.6. The molecule has 1 amide bonds. The van der Waals surface area contributed by atoms with Crippen LogP contribution in [0.3, 0.4) is 0 Å². The summed E-state index contributed by atoms with van der Waals surface area (Å²) in [5.41, 5.74) is 2.06. The molecule has 0 aliphatic carbocycles. The van der Waals surface area contributed by atoms with Gasteiger partial charge in [-0.05, 0) is 23.3 Å². The van der Waals surface area contributed by atoms with Crippen LogP contribution in [0.25, 0.3) is 0 Å². The molecule has 1 saturated heterocycles. The average Bonchev–Trinajstić information content (AvgIpc) is 2.60. The molecule has 2 aromatic carbocycles. The van der Waals surface area contributed by atoms with Crippen molar-refractivity contribution in [2.75, 3.05) is 13.7 Å². The summed E-state index contributed by atoms with van der Waals surface area (Å²) in [6.07, 6.45) is 0.347. The Labute approximate surface area is 135 Å². The summed E-state index contributed by atoms with van der Waals surface area (Å²) in [7, 11) is 1.61. The molecule has 0 aromatic heterocycles. The van der Waals surface area contributed by atoms with Gasteiger partial charge in [0.25, 0.3) is 0 Å². The summed E-state index contributed by atoms with van der Waals surface area (Å²) < 4.78 is 16.2. The largest absolute Gasteiger partial charge is 0.493 e. The van der Waals surface area contributed by atoms with Gasteiger partial charge < -0.3 is 19.5 Å². The smallest absolute Gasteiger partial charge is 0.407 e. The van der Waals surface area contributed by atoms with Gasteiger partial charge in [-0.25, -0.2) is 4.79 Å². The van der Waals surface area contributed by atoms with Crippen LogP contribution in [0.15, 0.2) is 48.5 Å². The summed E-state index contributed by atoms with van der Waals surface area (Å²) in [5, 5.41) is 2.81. The van der Waals surface area contributed by atoms with E-state index in [9.17, 15) is 4.79 Å². The maximum atomic E-state index is 11.4. The minimum Gasteiger partial charge on any atom is -0.493 e. The molecule has 0 radical (unpaired) electrons. The van der Waals surface area contributed by atoms with Crippen molar-refractivity contribution in [1.82, 2.24) is 5.32 Å². The Morgan fingerprint density at radius 2 is 2.00 bits per heavy atom. The van der Waals surface area contributed by atoms with Crippen molar-refractivity contribution in [2.45, 2.75) is 19.1 Å². The molecule has 1 heterocycles. The van der Waals surface area contributed by atoms with Crippen LogP contribution in [0.5, 0.6) is 11.5 Å². The number of amides is 1. The minimum absolute atomic E-state index is 0.0683. The molecule has 23 heavy (non-hydrogen) atoms. The highest BCUT2D eigenvalue weighted by Crippen LogP contribution is 2.32. The van der Waals surface area contributed by atoms with Gasteiger partial charge in [-0.3, -0.25) is 0 Å². The number of ether oxygens (including phenoxy) is 3. The monoisotopic (exact) mass is 313 g/mol. The third-order valence-electron chi connectivity index (χ3n) is 3.76. The molecule has 0 unspecified atom stereocenters. The first kappa shape index (κ1) is 15.2. The van der Waals surface area contributed by atoms with Gasteiger partial charge in [0, 0.05) is 6.42 Å². The third kappa shape index (κ3) is 3.74. The van der Waals surface area contributed by atoms with Crippen LogP contribution >= 0.6 is 0 Å². The van der Waals surface area contributed by atoms with Crippen molar-refractivity contribution in [3.63, 3.8) is 0 Å². The number of cyclic esters (lactones) is 1. The van der Waals surface area contributed by atoms with E-state index in [1.165, 1.54) is 0 Å². The number of alkyl carbamates (subject to hydrolysis) is 1. The molecular weight excluding hydrogens is 294 g/mol. The molecule has 0 bridgehead atoms. The fourth-order valence-corrected chi connectivity index (χ4v) is 2.53. The number of carbonyl (C=O) groups excluding carboxylic acids is 1. The molecule has 1 fully saturated rings. The SMILES string of the molecule is COc1ccc([C@@H]2CCOC(=O)N2)cc1OCc1ccccc1. The number of methoxy groups -OCH3 is 1. The lowest BCUT2D eigenvalue weighted by Gasteiger charge is -2.24. The lowest BCUT2D eigenvalue weighted by molar-refractivity contribution is 0.115. The molecule has 1 aliphatic heterocycles. The summed E-state index contributed by atoms with van der Waals surface area (Å²) in [6.45, 7) is 0.878. The first-order valence-electron chi connectivity index (χ1n) is 7.54. The van der Waals surface area contributed by atoms with Crippen LogP contribution in [-0.4, -0.2) is 19.8 Å². The fraction of sp³-hybridized carbons (Fsp3) is 0.278. The second kappa shape index (κ2) is 7.05. The van der Waals surface area contributed by atoms with Gasteiger partial charge in [-0.1, -0.05) is 36.4 Å². The highest BCUT2D eigenvalue weighted by molar-refractivity contribution is 5.68. The zero-order chi connectivity index (χ0) is 16.1. The van der Waals surface area contributed by atoms with Crippen molar-refractivity contribution in [3.8, 4) is 11.5 Å². The van der Waals surface area contributed by atoms with Gasteiger partial charge in [0.1, 0.15) is 6.61 Å². The average molecular weight is 313 g/mol. The van der Waals surface area contributed by atoms with Gasteiger partial charge in [0.2, 0.25) is 0 Å². The van der Waals surface area contributed by atoms with Crippen molar-refractivity contribution in [2.24, 2.45) is 0 Å². The number of hydrogen-bond donors (Lipinski definition) is 1. The van der Waals surface area contributed by atoms with Crippen molar-refractivity contribution in [3.05, 3.63) is 59.7 Å². The lowest BCUT2D eigenvalue weighted by atomic mass is 10.0. The second-order valence-corrected chi connectivity index (χ2v) is 5.31. The standard InChI is InChI=1S/C18H19NO4/c1-21-16-8-7-14(15-9-10-22-18(20)19-15)11-17(16)23-12-13-5-3-2-4-6-13/h2-8,11,15H,9-10,12H2,1H3,(H,19,20)/t15-/m0/s1. The number of nitrogens with one attached hydrogen (secondary N) is 1. The van der Waals surface area contributed by atoms with Crippen LogP contribution < -0.4 is 14.8 Å². The molecule has 1 aliphatic rings. The van der Waals surface area contributed by atoms with Crippen molar-refractivity contribution >= 4 is 6.09 Å². The van der Waals surface area contributed by atoms with Crippen molar-refractivity contribution < 1.29 is 19.0 Å². The molecule has 2 aromatic rings. The summed E-state index contributed by atoms with van der Waals surface area (Å²) in [4.78, 5) is 11.4. The molecule has 3 rings (SSSR count). The Morgan fingerprint density at radius 1 is 1.17 bits per heavy atom. The summed E-state index contributed by atoms with van der Waals surface area (Å²) in [6, 6.07) is 15.6. The van der Waals surface area contributed by atoms with E-state index in [2.05, 4.69) is 5.32 Å². The predicted molar refractivity (Wildman–Crippen MR) is 85.6 cm³/mol. The first-order valence-corrected chi connectivity index (χ1v) is 7.54. The Bertz CT molecular complexity index is 672. The van der Waals surface area contributed by atoms with E-state index in [0.29, 0.717) is 24.7 Å². The number of carbonyl (C=O) groups is 1.